The second-order valence-electron chi connectivity index (χ2n) is 4.86. The molecule has 1 aromatic rings. The Hall–Kier alpha value is -1.06. The molecule has 0 aromatic heterocycles. The molecule has 1 aliphatic rings. The smallest absolute Gasteiger partial charge is 0.123 e. The number of ether oxygens (including phenoxy) is 2. The van der Waals surface area contributed by atoms with Crippen LogP contribution < -0.4 is 10.5 Å². The summed E-state index contributed by atoms with van der Waals surface area (Å²) in [5, 5.41) is 0. The predicted molar refractivity (Wildman–Crippen MR) is 72.6 cm³/mol. The molecule has 0 amide bonds. The van der Waals surface area contributed by atoms with Crippen molar-refractivity contribution in [3.05, 3.63) is 29.8 Å². The molecule has 18 heavy (non-hydrogen) atoms. The molecule has 0 radical (unpaired) electrons. The maximum absolute atomic E-state index is 5.67. The normalized spacial score (nSPS) is 15.4. The molecule has 0 unspecified atom stereocenters. The molecule has 0 aliphatic heterocycles. The molecule has 1 aliphatic carbocycles. The summed E-state index contributed by atoms with van der Waals surface area (Å²) in [6, 6.07) is 7.89. The fraction of sp³-hybridized carbons (Fsp3) is 0.600. The fourth-order valence-electron chi connectivity index (χ4n) is 2.16. The van der Waals surface area contributed by atoms with Crippen LogP contribution >= 0.6 is 0 Å². The van der Waals surface area contributed by atoms with E-state index >= 15 is 0 Å². The highest BCUT2D eigenvalue weighted by Gasteiger charge is 2.16. The van der Waals surface area contributed by atoms with E-state index in [0.717, 1.165) is 23.8 Å². The van der Waals surface area contributed by atoms with Crippen LogP contribution in [-0.2, 0) is 11.3 Å². The van der Waals surface area contributed by atoms with Gasteiger partial charge in [0.05, 0.1) is 6.61 Å². The molecule has 0 bridgehead atoms. The van der Waals surface area contributed by atoms with Crippen LogP contribution in [0.25, 0.3) is 0 Å². The molecular formula is C15H23NO2. The quantitative estimate of drug-likeness (QED) is 0.720. The monoisotopic (exact) mass is 249 g/mol. The molecule has 0 saturated heterocycles. The lowest BCUT2D eigenvalue weighted by Gasteiger charge is -2.24. The SMILES string of the molecule is NCc1ccccc1OCCOCCC1CCC1. The number of benzene rings is 1. The zero-order valence-electron chi connectivity index (χ0n) is 10.9. The highest BCUT2D eigenvalue weighted by atomic mass is 16.5. The topological polar surface area (TPSA) is 44.5 Å². The van der Waals surface area contributed by atoms with Crippen LogP contribution in [-0.4, -0.2) is 19.8 Å². The van der Waals surface area contributed by atoms with Crippen LogP contribution in [0.1, 0.15) is 31.2 Å². The van der Waals surface area contributed by atoms with Gasteiger partial charge in [-0.25, -0.2) is 0 Å². The summed E-state index contributed by atoms with van der Waals surface area (Å²) >= 11 is 0. The number of hydrogen-bond donors (Lipinski definition) is 1. The van der Waals surface area contributed by atoms with E-state index in [2.05, 4.69) is 0 Å². The minimum atomic E-state index is 0.513. The highest BCUT2D eigenvalue weighted by Crippen LogP contribution is 2.29. The Morgan fingerprint density at radius 1 is 1.11 bits per heavy atom. The first kappa shape index (κ1) is 13.4. The third-order valence-electron chi connectivity index (χ3n) is 3.57. The van der Waals surface area contributed by atoms with Gasteiger partial charge in [-0.15, -0.1) is 0 Å². The highest BCUT2D eigenvalue weighted by molar-refractivity contribution is 5.32. The van der Waals surface area contributed by atoms with Crippen molar-refractivity contribution in [3.63, 3.8) is 0 Å². The zero-order valence-corrected chi connectivity index (χ0v) is 10.9. The minimum Gasteiger partial charge on any atom is -0.491 e. The summed E-state index contributed by atoms with van der Waals surface area (Å²) in [6.45, 7) is 2.64. The van der Waals surface area contributed by atoms with E-state index in [0.29, 0.717) is 19.8 Å². The van der Waals surface area contributed by atoms with Gasteiger partial charge in [0, 0.05) is 18.7 Å². The first-order valence-corrected chi connectivity index (χ1v) is 6.88. The fourth-order valence-corrected chi connectivity index (χ4v) is 2.16. The Bertz CT molecular complexity index is 350. The average molecular weight is 249 g/mol. The second-order valence-corrected chi connectivity index (χ2v) is 4.86. The molecule has 1 fully saturated rings. The van der Waals surface area contributed by atoms with Gasteiger partial charge < -0.3 is 15.2 Å². The van der Waals surface area contributed by atoms with Crippen molar-refractivity contribution in [1.29, 1.82) is 0 Å². The maximum atomic E-state index is 5.67. The van der Waals surface area contributed by atoms with E-state index in [1.54, 1.807) is 0 Å². The first-order valence-electron chi connectivity index (χ1n) is 6.88. The molecular weight excluding hydrogens is 226 g/mol. The second kappa shape index (κ2) is 7.39. The Labute approximate surface area is 109 Å². The summed E-state index contributed by atoms with van der Waals surface area (Å²) in [4.78, 5) is 0. The van der Waals surface area contributed by atoms with Crippen molar-refractivity contribution in [2.75, 3.05) is 19.8 Å². The van der Waals surface area contributed by atoms with Crippen LogP contribution in [0.15, 0.2) is 24.3 Å². The third-order valence-corrected chi connectivity index (χ3v) is 3.57. The van der Waals surface area contributed by atoms with Gasteiger partial charge in [0.15, 0.2) is 0 Å². The summed E-state index contributed by atoms with van der Waals surface area (Å²) in [6.07, 6.45) is 5.40. The molecule has 3 heteroatoms. The lowest BCUT2D eigenvalue weighted by Crippen LogP contribution is -2.15. The van der Waals surface area contributed by atoms with Crippen LogP contribution in [0.5, 0.6) is 5.75 Å². The van der Waals surface area contributed by atoms with E-state index in [4.69, 9.17) is 15.2 Å². The number of nitrogens with two attached hydrogens (primary N) is 1. The van der Waals surface area contributed by atoms with Gasteiger partial charge in [0.1, 0.15) is 12.4 Å². The predicted octanol–water partition coefficient (Wildman–Crippen LogP) is 2.73. The molecule has 1 aromatic carbocycles. The van der Waals surface area contributed by atoms with Crippen molar-refractivity contribution in [3.8, 4) is 5.75 Å². The molecule has 2 rings (SSSR count). The number of hydrogen-bond acceptors (Lipinski definition) is 3. The summed E-state index contributed by atoms with van der Waals surface area (Å²) < 4.78 is 11.2. The van der Waals surface area contributed by atoms with E-state index in [9.17, 15) is 0 Å². The van der Waals surface area contributed by atoms with Gasteiger partial charge in [0.2, 0.25) is 0 Å². The van der Waals surface area contributed by atoms with E-state index < -0.39 is 0 Å². The Kier molecular flexibility index (Phi) is 5.49. The molecule has 2 N–H and O–H groups in total. The molecule has 0 heterocycles. The van der Waals surface area contributed by atoms with Crippen molar-refractivity contribution in [1.82, 2.24) is 0 Å². The Morgan fingerprint density at radius 3 is 2.67 bits per heavy atom. The largest absolute Gasteiger partial charge is 0.491 e. The Morgan fingerprint density at radius 2 is 1.94 bits per heavy atom. The summed E-state index contributed by atoms with van der Waals surface area (Å²) in [5.74, 6) is 1.80. The maximum Gasteiger partial charge on any atom is 0.123 e. The zero-order chi connectivity index (χ0) is 12.6. The summed E-state index contributed by atoms with van der Waals surface area (Å²) in [7, 11) is 0. The summed E-state index contributed by atoms with van der Waals surface area (Å²) in [5.41, 5.74) is 6.69. The van der Waals surface area contributed by atoms with E-state index in [1.165, 1.54) is 25.7 Å². The van der Waals surface area contributed by atoms with Gasteiger partial charge in [-0.1, -0.05) is 37.5 Å². The standard InChI is InChI=1S/C15H23NO2/c16-12-14-6-1-2-7-15(14)18-11-10-17-9-8-13-4-3-5-13/h1-2,6-7,13H,3-5,8-12,16H2. The lowest BCUT2D eigenvalue weighted by molar-refractivity contribution is 0.0810. The van der Waals surface area contributed by atoms with Gasteiger partial charge in [-0.05, 0) is 18.4 Å². The van der Waals surface area contributed by atoms with Crippen molar-refractivity contribution in [2.24, 2.45) is 11.7 Å². The Balaban J connectivity index is 1.56. The third kappa shape index (κ3) is 4.00. The minimum absolute atomic E-state index is 0.513. The number of para-hydroxylation sites is 1. The van der Waals surface area contributed by atoms with Crippen LogP contribution in [0.4, 0.5) is 0 Å². The van der Waals surface area contributed by atoms with Gasteiger partial charge in [-0.2, -0.15) is 0 Å². The first-order chi connectivity index (χ1) is 8.90. The molecule has 0 atom stereocenters. The van der Waals surface area contributed by atoms with Crippen molar-refractivity contribution >= 4 is 0 Å². The van der Waals surface area contributed by atoms with Crippen LogP contribution in [0.2, 0.25) is 0 Å². The van der Waals surface area contributed by atoms with Gasteiger partial charge in [-0.3, -0.25) is 0 Å². The molecule has 3 nitrogen and oxygen atoms in total. The molecule has 1 saturated carbocycles. The van der Waals surface area contributed by atoms with Crippen LogP contribution in [0, 0.1) is 5.92 Å². The van der Waals surface area contributed by atoms with Gasteiger partial charge in [0.25, 0.3) is 0 Å². The number of rotatable bonds is 8. The molecule has 100 valence electrons. The van der Waals surface area contributed by atoms with Crippen molar-refractivity contribution < 1.29 is 9.47 Å². The van der Waals surface area contributed by atoms with Crippen molar-refractivity contribution in [2.45, 2.75) is 32.2 Å². The molecule has 0 spiro atoms. The van der Waals surface area contributed by atoms with E-state index in [1.807, 2.05) is 24.3 Å². The average Bonchev–Trinajstić information content (AvgIpc) is 2.36. The van der Waals surface area contributed by atoms with Crippen LogP contribution in [0.3, 0.4) is 0 Å². The lowest BCUT2D eigenvalue weighted by atomic mass is 9.83. The van der Waals surface area contributed by atoms with E-state index in [-0.39, 0.29) is 0 Å². The van der Waals surface area contributed by atoms with Gasteiger partial charge >= 0.3 is 0 Å².